The van der Waals surface area contributed by atoms with Crippen LogP contribution in [0.2, 0.25) is 0 Å². The van der Waals surface area contributed by atoms with Crippen LogP contribution in [0.5, 0.6) is 5.75 Å². The largest absolute Gasteiger partial charge is 0.484 e. The maximum Gasteiger partial charge on any atom is 0.356 e. The first-order chi connectivity index (χ1) is 14.5. The number of nitro groups is 1. The number of anilines is 2. The number of nitrogens with zero attached hydrogens (tertiary/aromatic N) is 3. The fourth-order valence-electron chi connectivity index (χ4n) is 2.15. The fraction of sp³-hybridized carbons (Fsp3) is 0.0588. The zero-order valence-electron chi connectivity index (χ0n) is 15.2. The molecule has 30 heavy (non-hydrogen) atoms. The van der Waals surface area contributed by atoms with Crippen LogP contribution in [-0.2, 0) is 4.79 Å². The summed E-state index contributed by atoms with van der Waals surface area (Å²) in [5.41, 5.74) is 8.52. The van der Waals surface area contributed by atoms with Crippen molar-refractivity contribution in [3.8, 4) is 5.75 Å². The second-order valence-electron chi connectivity index (χ2n) is 5.51. The molecule has 2 amide bonds. The minimum absolute atomic E-state index is 0.0109. The molecule has 0 spiro atoms. The van der Waals surface area contributed by atoms with Gasteiger partial charge in [-0.2, -0.15) is 0 Å². The predicted molar refractivity (Wildman–Crippen MR) is 102 cm³/mol. The SMILES string of the molecule is O=C(COc1ccccc1)NNc1ncnc(NNC(=O)c2ccco2)c1[N+](=O)[O-]. The zero-order chi connectivity index (χ0) is 21.3. The predicted octanol–water partition coefficient (Wildman–Crippen LogP) is 1.26. The van der Waals surface area contributed by atoms with Crippen LogP contribution in [0, 0.1) is 10.1 Å². The molecule has 0 aliphatic carbocycles. The Hall–Kier alpha value is -4.68. The quantitative estimate of drug-likeness (QED) is 0.295. The first-order valence-corrected chi connectivity index (χ1v) is 8.36. The third kappa shape index (κ3) is 5.19. The molecule has 0 aliphatic heterocycles. The molecule has 13 nitrogen and oxygen atoms in total. The molecule has 0 saturated carbocycles. The summed E-state index contributed by atoms with van der Waals surface area (Å²) in [6, 6.07) is 11.5. The first kappa shape index (κ1) is 20.1. The van der Waals surface area contributed by atoms with Gasteiger partial charge in [0.25, 0.3) is 5.91 Å². The van der Waals surface area contributed by atoms with E-state index in [-0.39, 0.29) is 24.0 Å². The van der Waals surface area contributed by atoms with Gasteiger partial charge in [-0.1, -0.05) is 18.2 Å². The Morgan fingerprint density at radius 1 is 1.03 bits per heavy atom. The van der Waals surface area contributed by atoms with E-state index in [2.05, 4.69) is 31.7 Å². The number of para-hydroxylation sites is 1. The van der Waals surface area contributed by atoms with Gasteiger partial charge >= 0.3 is 11.6 Å². The van der Waals surface area contributed by atoms with E-state index in [0.717, 1.165) is 6.33 Å². The van der Waals surface area contributed by atoms with Crippen molar-refractivity contribution in [1.29, 1.82) is 0 Å². The highest BCUT2D eigenvalue weighted by Gasteiger charge is 2.24. The van der Waals surface area contributed by atoms with E-state index in [1.807, 2.05) is 0 Å². The topological polar surface area (TPSA) is 174 Å². The molecule has 0 radical (unpaired) electrons. The Bertz CT molecular complexity index is 1030. The van der Waals surface area contributed by atoms with Gasteiger partial charge in [0.05, 0.1) is 11.2 Å². The van der Waals surface area contributed by atoms with Gasteiger partial charge in [-0.15, -0.1) is 0 Å². The van der Waals surface area contributed by atoms with E-state index in [1.165, 1.54) is 18.4 Å². The second kappa shape index (κ2) is 9.50. The molecular formula is C17H15N7O6. The first-order valence-electron chi connectivity index (χ1n) is 8.36. The fourth-order valence-corrected chi connectivity index (χ4v) is 2.15. The van der Waals surface area contributed by atoms with Crippen molar-refractivity contribution in [3.05, 3.63) is 70.9 Å². The number of benzene rings is 1. The van der Waals surface area contributed by atoms with E-state index in [1.54, 1.807) is 30.3 Å². The molecule has 0 atom stereocenters. The van der Waals surface area contributed by atoms with Crippen LogP contribution in [0.4, 0.5) is 17.3 Å². The van der Waals surface area contributed by atoms with Gasteiger partial charge in [-0.25, -0.2) is 9.97 Å². The Kier molecular flexibility index (Phi) is 6.35. The Balaban J connectivity index is 1.61. The van der Waals surface area contributed by atoms with Gasteiger partial charge in [0.15, 0.2) is 12.4 Å². The summed E-state index contributed by atoms with van der Waals surface area (Å²) in [6.45, 7) is -0.333. The lowest BCUT2D eigenvalue weighted by molar-refractivity contribution is -0.383. The number of carbonyl (C=O) groups is 2. The number of furan rings is 1. The van der Waals surface area contributed by atoms with Crippen molar-refractivity contribution in [2.45, 2.75) is 0 Å². The zero-order valence-corrected chi connectivity index (χ0v) is 15.2. The maximum absolute atomic E-state index is 11.9. The number of rotatable bonds is 9. The number of carbonyl (C=O) groups excluding carboxylic acids is 2. The molecule has 0 unspecified atom stereocenters. The Morgan fingerprint density at radius 3 is 2.37 bits per heavy atom. The number of hydrogen-bond acceptors (Lipinski definition) is 10. The van der Waals surface area contributed by atoms with Crippen LogP contribution in [0.15, 0.2) is 59.5 Å². The number of ether oxygens (including phenoxy) is 1. The molecule has 154 valence electrons. The molecule has 2 heterocycles. The molecule has 3 aromatic rings. The number of aromatic nitrogens is 2. The van der Waals surface area contributed by atoms with Crippen molar-refractivity contribution < 1.29 is 23.7 Å². The van der Waals surface area contributed by atoms with Crippen LogP contribution < -0.4 is 26.4 Å². The van der Waals surface area contributed by atoms with Crippen molar-refractivity contribution in [1.82, 2.24) is 20.8 Å². The van der Waals surface area contributed by atoms with Gasteiger partial charge < -0.3 is 9.15 Å². The Labute approximate surface area is 168 Å². The molecule has 0 aliphatic rings. The molecule has 4 N–H and O–H groups in total. The van der Waals surface area contributed by atoms with E-state index < -0.39 is 22.4 Å². The lowest BCUT2D eigenvalue weighted by Crippen LogP contribution is -2.34. The molecule has 1 aromatic carbocycles. The average molecular weight is 413 g/mol. The monoisotopic (exact) mass is 413 g/mol. The highest BCUT2D eigenvalue weighted by molar-refractivity contribution is 5.92. The third-order valence-corrected chi connectivity index (χ3v) is 3.48. The van der Waals surface area contributed by atoms with Crippen molar-refractivity contribution in [2.75, 3.05) is 17.5 Å². The normalized spacial score (nSPS) is 10.0. The maximum atomic E-state index is 11.9. The van der Waals surface area contributed by atoms with Crippen LogP contribution in [-0.4, -0.2) is 33.3 Å². The minimum Gasteiger partial charge on any atom is -0.484 e. The van der Waals surface area contributed by atoms with Crippen molar-refractivity contribution >= 4 is 29.1 Å². The van der Waals surface area contributed by atoms with Gasteiger partial charge in [-0.3, -0.25) is 41.4 Å². The van der Waals surface area contributed by atoms with E-state index in [9.17, 15) is 19.7 Å². The summed E-state index contributed by atoms with van der Waals surface area (Å²) >= 11 is 0. The summed E-state index contributed by atoms with van der Waals surface area (Å²) in [4.78, 5) is 41.9. The molecule has 3 rings (SSSR count). The number of hydrogen-bond donors (Lipinski definition) is 4. The average Bonchev–Trinajstić information content (AvgIpc) is 3.30. The highest BCUT2D eigenvalue weighted by atomic mass is 16.6. The standard InChI is InChI=1S/C17H15N7O6/c25-13(9-30-11-5-2-1-3-6-11)20-21-15-14(24(27)28)16(19-10-18-15)22-23-17(26)12-7-4-8-29-12/h1-8,10H,9H2,(H,20,25)(H,23,26)(H2,18,19,21,22). The second-order valence-corrected chi connectivity index (χ2v) is 5.51. The number of hydrazine groups is 2. The minimum atomic E-state index is -0.781. The smallest absolute Gasteiger partial charge is 0.356 e. The van der Waals surface area contributed by atoms with Gasteiger partial charge in [0.1, 0.15) is 12.1 Å². The van der Waals surface area contributed by atoms with Crippen molar-refractivity contribution in [3.63, 3.8) is 0 Å². The summed E-state index contributed by atoms with van der Waals surface area (Å²) in [5, 5.41) is 11.4. The molecule has 2 aromatic heterocycles. The summed E-state index contributed by atoms with van der Waals surface area (Å²) in [5.74, 6) is -1.42. The molecule has 0 bridgehead atoms. The lowest BCUT2D eigenvalue weighted by Gasteiger charge is -2.11. The molecule has 0 saturated heterocycles. The van der Waals surface area contributed by atoms with Gasteiger partial charge in [0.2, 0.25) is 11.6 Å². The summed E-state index contributed by atoms with van der Waals surface area (Å²) in [6.07, 6.45) is 2.30. The van der Waals surface area contributed by atoms with E-state index >= 15 is 0 Å². The van der Waals surface area contributed by atoms with Crippen molar-refractivity contribution in [2.24, 2.45) is 0 Å². The van der Waals surface area contributed by atoms with E-state index in [0.29, 0.717) is 5.75 Å². The van der Waals surface area contributed by atoms with Crippen LogP contribution >= 0.6 is 0 Å². The van der Waals surface area contributed by atoms with Gasteiger partial charge in [-0.05, 0) is 24.3 Å². The molecule has 0 fully saturated rings. The lowest BCUT2D eigenvalue weighted by atomic mass is 10.3. The summed E-state index contributed by atoms with van der Waals surface area (Å²) < 4.78 is 10.2. The summed E-state index contributed by atoms with van der Waals surface area (Å²) in [7, 11) is 0. The van der Waals surface area contributed by atoms with Gasteiger partial charge in [0, 0.05) is 0 Å². The third-order valence-electron chi connectivity index (χ3n) is 3.48. The van der Waals surface area contributed by atoms with Crippen LogP contribution in [0.25, 0.3) is 0 Å². The van der Waals surface area contributed by atoms with E-state index in [4.69, 9.17) is 9.15 Å². The van der Waals surface area contributed by atoms with Crippen LogP contribution in [0.3, 0.4) is 0 Å². The molecule has 13 heteroatoms. The highest BCUT2D eigenvalue weighted by Crippen LogP contribution is 2.27. The Morgan fingerprint density at radius 2 is 1.73 bits per heavy atom. The number of nitrogens with one attached hydrogen (secondary N) is 4. The van der Waals surface area contributed by atoms with Crippen LogP contribution in [0.1, 0.15) is 10.6 Å². The number of amides is 2. The molecular weight excluding hydrogens is 398 g/mol.